The van der Waals surface area contributed by atoms with Gasteiger partial charge in [0.15, 0.2) is 0 Å². The first-order valence-corrected chi connectivity index (χ1v) is 4.03. The summed E-state index contributed by atoms with van der Waals surface area (Å²) >= 11 is 0. The van der Waals surface area contributed by atoms with Crippen molar-refractivity contribution in [3.63, 3.8) is 0 Å². The quantitative estimate of drug-likeness (QED) is 0.633. The van der Waals surface area contributed by atoms with Crippen molar-refractivity contribution in [3.8, 4) is 0 Å². The van der Waals surface area contributed by atoms with Gasteiger partial charge < -0.3 is 0 Å². The first kappa shape index (κ1) is 7.73. The van der Waals surface area contributed by atoms with Crippen LogP contribution in [0.4, 0.5) is 0 Å². The Bertz CT molecular complexity index is 376. The van der Waals surface area contributed by atoms with Gasteiger partial charge in [-0.1, -0.05) is 6.07 Å². The number of rotatable bonds is 2. The Balaban J connectivity index is 2.15. The van der Waals surface area contributed by atoms with Crippen molar-refractivity contribution in [1.29, 1.82) is 0 Å². The van der Waals surface area contributed by atoms with Crippen LogP contribution in [0.5, 0.6) is 0 Å². The molecule has 2 rings (SSSR count). The number of aromatic nitrogens is 2. The maximum absolute atomic E-state index is 4.17. The molecule has 0 saturated carbocycles. The largest absolute Gasteiger partial charge is 0.255 e. The first-order chi connectivity index (χ1) is 6.45. The van der Waals surface area contributed by atoms with Crippen LogP contribution in [0.2, 0.25) is 0 Å². The van der Waals surface area contributed by atoms with Crippen LogP contribution in [0.1, 0.15) is 5.69 Å². The lowest BCUT2D eigenvalue weighted by Gasteiger charge is -1.91. The van der Waals surface area contributed by atoms with Crippen LogP contribution in [-0.2, 0) is 0 Å². The minimum atomic E-state index is 0.858. The molecule has 0 aliphatic carbocycles. The molecule has 2 aromatic rings. The van der Waals surface area contributed by atoms with E-state index in [1.807, 2.05) is 42.7 Å². The maximum Gasteiger partial charge on any atom is 0.0830 e. The highest BCUT2D eigenvalue weighted by Crippen LogP contribution is 1.91. The summed E-state index contributed by atoms with van der Waals surface area (Å²) in [6, 6.07) is 9.58. The Kier molecular flexibility index (Phi) is 2.18. The standard InChI is InChI=1S/C10H9N3/c1-2-6-11-10(5-1)9-12-13-7-3-4-8-13/h1-9H/b12-9+. The molecule has 0 spiro atoms. The van der Waals surface area contributed by atoms with E-state index in [0.29, 0.717) is 0 Å². The lowest BCUT2D eigenvalue weighted by Crippen LogP contribution is -1.88. The van der Waals surface area contributed by atoms with Gasteiger partial charge in [-0.15, -0.1) is 0 Å². The van der Waals surface area contributed by atoms with Crippen LogP contribution >= 0.6 is 0 Å². The maximum atomic E-state index is 4.17. The molecule has 3 heteroatoms. The van der Waals surface area contributed by atoms with E-state index < -0.39 is 0 Å². The van der Waals surface area contributed by atoms with Crippen molar-refractivity contribution in [2.75, 3.05) is 0 Å². The molecule has 0 radical (unpaired) electrons. The van der Waals surface area contributed by atoms with Gasteiger partial charge >= 0.3 is 0 Å². The van der Waals surface area contributed by atoms with Crippen LogP contribution < -0.4 is 0 Å². The molecule has 0 atom stereocenters. The molecule has 64 valence electrons. The van der Waals surface area contributed by atoms with Crippen LogP contribution in [0.15, 0.2) is 54.0 Å². The highest BCUT2D eigenvalue weighted by Gasteiger charge is 1.85. The zero-order valence-corrected chi connectivity index (χ0v) is 7.04. The lowest BCUT2D eigenvalue weighted by molar-refractivity contribution is 0.893. The van der Waals surface area contributed by atoms with Crippen molar-refractivity contribution in [1.82, 2.24) is 9.66 Å². The molecule has 3 nitrogen and oxygen atoms in total. The summed E-state index contributed by atoms with van der Waals surface area (Å²) in [5, 5.41) is 4.17. The molecule has 0 N–H and O–H groups in total. The molecule has 0 fully saturated rings. The predicted molar refractivity (Wildman–Crippen MR) is 51.7 cm³/mol. The molecule has 0 aromatic carbocycles. The minimum absolute atomic E-state index is 0.858. The molecule has 0 aliphatic heterocycles. The normalized spacial score (nSPS) is 10.8. The summed E-state index contributed by atoms with van der Waals surface area (Å²) in [5.74, 6) is 0. The third kappa shape index (κ3) is 2.02. The predicted octanol–water partition coefficient (Wildman–Crippen LogP) is 1.77. The first-order valence-electron chi connectivity index (χ1n) is 4.03. The monoisotopic (exact) mass is 171 g/mol. The molecule has 0 saturated heterocycles. The van der Waals surface area contributed by atoms with E-state index in [2.05, 4.69) is 10.1 Å². The number of nitrogens with zero attached hydrogens (tertiary/aromatic N) is 3. The van der Waals surface area contributed by atoms with E-state index >= 15 is 0 Å². The summed E-state index contributed by atoms with van der Waals surface area (Å²) < 4.78 is 1.73. The molecule has 2 heterocycles. The highest BCUT2D eigenvalue weighted by atomic mass is 15.3. The second-order valence-electron chi connectivity index (χ2n) is 2.56. The fourth-order valence-electron chi connectivity index (χ4n) is 0.981. The third-order valence-corrected chi connectivity index (χ3v) is 1.60. The molecule has 0 aliphatic rings. The van der Waals surface area contributed by atoms with Crippen molar-refractivity contribution in [2.24, 2.45) is 5.10 Å². The van der Waals surface area contributed by atoms with E-state index in [0.717, 1.165) is 5.69 Å². The summed E-state index contributed by atoms with van der Waals surface area (Å²) in [4.78, 5) is 4.12. The average molecular weight is 171 g/mol. The van der Waals surface area contributed by atoms with Gasteiger partial charge in [0.1, 0.15) is 0 Å². The highest BCUT2D eigenvalue weighted by molar-refractivity contribution is 5.76. The van der Waals surface area contributed by atoms with Crippen LogP contribution in [0.3, 0.4) is 0 Å². The van der Waals surface area contributed by atoms with Crippen LogP contribution in [-0.4, -0.2) is 15.9 Å². The van der Waals surface area contributed by atoms with Gasteiger partial charge in [-0.05, 0) is 24.3 Å². The lowest BCUT2D eigenvalue weighted by atomic mass is 10.4. The molecule has 2 aromatic heterocycles. The Hall–Kier alpha value is -1.90. The third-order valence-electron chi connectivity index (χ3n) is 1.60. The van der Waals surface area contributed by atoms with Crippen LogP contribution in [0.25, 0.3) is 0 Å². The Morgan fingerprint density at radius 2 is 2.00 bits per heavy atom. The summed E-state index contributed by atoms with van der Waals surface area (Å²) in [7, 11) is 0. The summed E-state index contributed by atoms with van der Waals surface area (Å²) in [5.41, 5.74) is 0.858. The second kappa shape index (κ2) is 3.67. The average Bonchev–Trinajstić information content (AvgIpc) is 2.69. The number of hydrogen-bond acceptors (Lipinski definition) is 2. The Morgan fingerprint density at radius 1 is 1.15 bits per heavy atom. The SMILES string of the molecule is C(=N\n1cccc1)/c1ccccn1. The zero-order valence-electron chi connectivity index (χ0n) is 7.04. The van der Waals surface area contributed by atoms with E-state index in [-0.39, 0.29) is 0 Å². The van der Waals surface area contributed by atoms with Gasteiger partial charge in [-0.2, -0.15) is 5.10 Å². The van der Waals surface area contributed by atoms with Crippen molar-refractivity contribution in [2.45, 2.75) is 0 Å². The minimum Gasteiger partial charge on any atom is -0.255 e. The fraction of sp³-hybridized carbons (Fsp3) is 0. The molecular weight excluding hydrogens is 162 g/mol. The topological polar surface area (TPSA) is 30.2 Å². The summed E-state index contributed by atoms with van der Waals surface area (Å²) in [6.07, 6.45) is 7.22. The van der Waals surface area contributed by atoms with E-state index in [1.165, 1.54) is 0 Å². The molecular formula is C10H9N3. The number of hydrogen-bond donors (Lipinski definition) is 0. The Morgan fingerprint density at radius 3 is 2.69 bits per heavy atom. The van der Waals surface area contributed by atoms with Gasteiger partial charge in [0.25, 0.3) is 0 Å². The van der Waals surface area contributed by atoms with Crippen molar-refractivity contribution < 1.29 is 0 Å². The second-order valence-corrected chi connectivity index (χ2v) is 2.56. The van der Waals surface area contributed by atoms with Gasteiger partial charge in [0, 0.05) is 18.6 Å². The Labute approximate surface area is 76.4 Å². The van der Waals surface area contributed by atoms with Crippen molar-refractivity contribution >= 4 is 6.21 Å². The van der Waals surface area contributed by atoms with E-state index in [9.17, 15) is 0 Å². The molecule has 0 amide bonds. The van der Waals surface area contributed by atoms with E-state index in [1.54, 1.807) is 17.1 Å². The molecule has 0 bridgehead atoms. The summed E-state index contributed by atoms with van der Waals surface area (Å²) in [6.45, 7) is 0. The number of pyridine rings is 1. The van der Waals surface area contributed by atoms with Gasteiger partial charge in [0.05, 0.1) is 11.9 Å². The van der Waals surface area contributed by atoms with Gasteiger partial charge in [-0.3, -0.25) is 4.98 Å². The molecule has 0 unspecified atom stereocenters. The van der Waals surface area contributed by atoms with Crippen molar-refractivity contribution in [3.05, 3.63) is 54.6 Å². The van der Waals surface area contributed by atoms with Gasteiger partial charge in [-0.25, -0.2) is 4.68 Å². The molecule has 13 heavy (non-hydrogen) atoms. The van der Waals surface area contributed by atoms with E-state index in [4.69, 9.17) is 0 Å². The fourth-order valence-corrected chi connectivity index (χ4v) is 0.981. The van der Waals surface area contributed by atoms with Crippen LogP contribution in [0, 0.1) is 0 Å². The zero-order chi connectivity index (χ0) is 8.93. The smallest absolute Gasteiger partial charge is 0.0830 e. The van der Waals surface area contributed by atoms with Gasteiger partial charge in [0.2, 0.25) is 0 Å².